The second kappa shape index (κ2) is 6.83. The number of rotatable bonds is 7. The Morgan fingerprint density at radius 3 is 2.43 bits per heavy atom. The number of hydrogen-bond acceptors (Lipinski definition) is 2. The summed E-state index contributed by atoms with van der Waals surface area (Å²) < 4.78 is 6.38. The number of ether oxygens (including phenoxy) is 1. The molecule has 0 radical (unpaired) electrons. The van der Waals surface area contributed by atoms with Gasteiger partial charge in [-0.2, -0.15) is 0 Å². The first-order chi connectivity index (χ1) is 10.3. The predicted octanol–water partition coefficient (Wildman–Crippen LogP) is 3.89. The van der Waals surface area contributed by atoms with Gasteiger partial charge < -0.3 is 0 Å². The summed E-state index contributed by atoms with van der Waals surface area (Å²) in [5.41, 5.74) is 3.71. The number of nitrogens with zero attached hydrogens (tertiary/aromatic N) is 1. The van der Waals surface area contributed by atoms with Gasteiger partial charge in [-0.1, -0.05) is 0 Å². The molecule has 21 heavy (non-hydrogen) atoms. The molecule has 2 aliphatic carbocycles. The summed E-state index contributed by atoms with van der Waals surface area (Å²) in [4.78, 5) is 5.05. The van der Waals surface area contributed by atoms with E-state index in [1.54, 1.807) is 0 Å². The minimum atomic E-state index is 0.617. The maximum atomic E-state index is 5.53. The molecule has 1 aromatic carbocycles. The first-order valence-corrected chi connectivity index (χ1v) is 8.44. The summed E-state index contributed by atoms with van der Waals surface area (Å²) in [6, 6.07) is 10.6. The molecule has 3 rings (SSSR count). The van der Waals surface area contributed by atoms with Crippen molar-refractivity contribution in [3.63, 3.8) is 0 Å². The molecule has 0 atom stereocenters. The monoisotopic (exact) mass is 319 g/mol. The van der Waals surface area contributed by atoms with Gasteiger partial charge in [0.2, 0.25) is 0 Å². The molecule has 0 unspecified atom stereocenters. The summed E-state index contributed by atoms with van der Waals surface area (Å²) in [6.45, 7) is 2.69. The zero-order valence-electron chi connectivity index (χ0n) is 12.4. The molecular formula is C18H21CrNO. The van der Waals surface area contributed by atoms with Crippen LogP contribution in [-0.4, -0.2) is 16.9 Å². The zero-order valence-corrected chi connectivity index (χ0v) is 13.7. The molecular weight excluding hydrogens is 298 g/mol. The van der Waals surface area contributed by atoms with Crippen molar-refractivity contribution in [3.05, 3.63) is 47.7 Å². The Morgan fingerprint density at radius 2 is 1.86 bits per heavy atom. The fraction of sp³-hybridized carbons (Fsp3) is 0.444. The van der Waals surface area contributed by atoms with E-state index in [-0.39, 0.29) is 0 Å². The van der Waals surface area contributed by atoms with Crippen molar-refractivity contribution in [2.75, 3.05) is 6.61 Å². The third-order valence-corrected chi connectivity index (χ3v) is 4.20. The van der Waals surface area contributed by atoms with Crippen molar-refractivity contribution in [1.82, 2.24) is 0 Å². The molecule has 2 nitrogen and oxygen atoms in total. The SMILES string of the molecule is CCO[C](=[Cr])C=C(N=C(c1ccccc1)C1CC1)C1CC1. The van der Waals surface area contributed by atoms with Crippen LogP contribution in [0.5, 0.6) is 0 Å². The van der Waals surface area contributed by atoms with E-state index in [4.69, 9.17) is 9.73 Å². The molecule has 3 heteroatoms. The molecule has 0 amide bonds. The van der Waals surface area contributed by atoms with Crippen LogP contribution in [0.3, 0.4) is 0 Å². The van der Waals surface area contributed by atoms with Gasteiger partial charge in [-0.15, -0.1) is 0 Å². The molecule has 0 bridgehead atoms. The normalized spacial score (nSPS) is 19.7. The molecule has 0 N–H and O–H groups in total. The Kier molecular flexibility index (Phi) is 4.85. The second-order valence-corrected chi connectivity index (χ2v) is 6.36. The van der Waals surface area contributed by atoms with Crippen molar-refractivity contribution in [1.29, 1.82) is 0 Å². The molecule has 2 saturated carbocycles. The van der Waals surface area contributed by atoms with Crippen LogP contribution in [0.2, 0.25) is 0 Å². The van der Waals surface area contributed by atoms with Crippen LogP contribution in [0.4, 0.5) is 0 Å². The zero-order chi connectivity index (χ0) is 14.7. The van der Waals surface area contributed by atoms with Crippen molar-refractivity contribution in [2.45, 2.75) is 32.6 Å². The van der Waals surface area contributed by atoms with Gasteiger partial charge in [-0.25, -0.2) is 0 Å². The van der Waals surface area contributed by atoms with E-state index in [9.17, 15) is 0 Å². The van der Waals surface area contributed by atoms with Crippen LogP contribution in [0.15, 0.2) is 47.1 Å². The molecule has 0 spiro atoms. The average Bonchev–Trinajstić information content (AvgIpc) is 3.38. The number of aliphatic imine (C=N–C) groups is 1. The summed E-state index contributed by atoms with van der Waals surface area (Å²) in [5, 5.41) is 0. The van der Waals surface area contributed by atoms with E-state index in [2.05, 4.69) is 52.3 Å². The van der Waals surface area contributed by atoms with Crippen molar-refractivity contribution in [2.24, 2.45) is 16.8 Å². The third-order valence-electron chi connectivity index (χ3n) is 3.83. The molecule has 2 aliphatic rings. The quantitative estimate of drug-likeness (QED) is 0.699. The first-order valence-electron chi connectivity index (χ1n) is 7.80. The Morgan fingerprint density at radius 1 is 1.19 bits per heavy atom. The summed E-state index contributed by atoms with van der Waals surface area (Å²) >= 11 is 3.00. The van der Waals surface area contributed by atoms with Gasteiger partial charge in [0.25, 0.3) is 0 Å². The van der Waals surface area contributed by atoms with Gasteiger partial charge in [0.05, 0.1) is 0 Å². The number of hydrogen-bond donors (Lipinski definition) is 0. The summed E-state index contributed by atoms with van der Waals surface area (Å²) in [7, 11) is 0. The van der Waals surface area contributed by atoms with Gasteiger partial charge in [-0.05, 0) is 0 Å². The minimum absolute atomic E-state index is 0.617. The molecule has 0 heterocycles. The van der Waals surface area contributed by atoms with Gasteiger partial charge >= 0.3 is 135 Å². The number of allylic oxidation sites excluding steroid dienone is 1. The van der Waals surface area contributed by atoms with Crippen LogP contribution in [-0.2, 0) is 20.6 Å². The van der Waals surface area contributed by atoms with Gasteiger partial charge in [0.1, 0.15) is 0 Å². The fourth-order valence-corrected chi connectivity index (χ4v) is 2.79. The Bertz CT molecular complexity index is 568. The van der Waals surface area contributed by atoms with Crippen LogP contribution in [0, 0.1) is 11.8 Å². The van der Waals surface area contributed by atoms with E-state index in [0.717, 1.165) is 4.57 Å². The molecule has 0 saturated heterocycles. The van der Waals surface area contributed by atoms with Gasteiger partial charge in [0, 0.05) is 0 Å². The van der Waals surface area contributed by atoms with E-state index in [1.807, 2.05) is 6.92 Å². The third kappa shape index (κ3) is 4.23. The maximum absolute atomic E-state index is 5.53. The molecule has 1 aromatic rings. The van der Waals surface area contributed by atoms with Crippen molar-refractivity contribution >= 4 is 10.3 Å². The molecule has 0 aromatic heterocycles. The van der Waals surface area contributed by atoms with E-state index >= 15 is 0 Å². The van der Waals surface area contributed by atoms with E-state index in [1.165, 1.54) is 42.7 Å². The predicted molar refractivity (Wildman–Crippen MR) is 83.1 cm³/mol. The summed E-state index contributed by atoms with van der Waals surface area (Å²) in [5.74, 6) is 1.26. The molecule has 0 aliphatic heterocycles. The molecule has 2 fully saturated rings. The Hall–Kier alpha value is -1.01. The Labute approximate surface area is 134 Å². The molecule has 110 valence electrons. The van der Waals surface area contributed by atoms with Gasteiger partial charge in [-0.3, -0.25) is 0 Å². The van der Waals surface area contributed by atoms with Crippen LogP contribution in [0.1, 0.15) is 38.2 Å². The van der Waals surface area contributed by atoms with Crippen molar-refractivity contribution < 1.29 is 20.6 Å². The first kappa shape index (κ1) is 14.9. The van der Waals surface area contributed by atoms with Crippen LogP contribution < -0.4 is 0 Å². The topological polar surface area (TPSA) is 21.6 Å². The second-order valence-electron chi connectivity index (χ2n) is 5.73. The van der Waals surface area contributed by atoms with E-state index in [0.29, 0.717) is 18.4 Å². The van der Waals surface area contributed by atoms with Crippen LogP contribution in [0.25, 0.3) is 0 Å². The van der Waals surface area contributed by atoms with Crippen molar-refractivity contribution in [3.8, 4) is 0 Å². The number of benzene rings is 1. The van der Waals surface area contributed by atoms with Crippen LogP contribution >= 0.6 is 0 Å². The summed E-state index contributed by atoms with van der Waals surface area (Å²) in [6.07, 6.45) is 7.13. The fourth-order valence-electron chi connectivity index (χ4n) is 2.42. The van der Waals surface area contributed by atoms with E-state index < -0.39 is 0 Å². The standard InChI is InChI=1S/C18H21NO.Cr/c1-2-20-13-12-17(14-8-9-14)19-18(16-10-11-16)15-6-4-3-5-7-15;/h3-7,12,14,16H,2,8-11H2,1H3;. The van der Waals surface area contributed by atoms with Gasteiger partial charge in [0.15, 0.2) is 0 Å². The average molecular weight is 319 g/mol. The Balaban J connectivity index is 1.89.